The molecule has 0 bridgehead atoms. The van der Waals surface area contributed by atoms with Gasteiger partial charge < -0.3 is 0 Å². The summed E-state index contributed by atoms with van der Waals surface area (Å²) in [6.07, 6.45) is 59.9. The largest absolute Gasteiger partial charge is 0.0842 e. The number of benzene rings is 1. The van der Waals surface area contributed by atoms with E-state index in [2.05, 4.69) is 170 Å². The summed E-state index contributed by atoms with van der Waals surface area (Å²) in [6, 6.07) is 9.14. The predicted molar refractivity (Wildman–Crippen MR) is 191 cm³/mol. The van der Waals surface area contributed by atoms with E-state index in [4.69, 9.17) is 0 Å². The molecule has 44 heavy (non-hydrogen) atoms. The summed E-state index contributed by atoms with van der Waals surface area (Å²) in [5.41, 5.74) is 8.64. The third-order valence-corrected chi connectivity index (χ3v) is 8.89. The summed E-state index contributed by atoms with van der Waals surface area (Å²) in [5.74, 6) is 0.602. The molecule has 6 rings (SSSR count). The molecule has 218 valence electrons. The van der Waals surface area contributed by atoms with Gasteiger partial charge in [-0.05, 0) is 82.4 Å². The van der Waals surface area contributed by atoms with Crippen LogP contribution in [0.15, 0.2) is 192 Å². The number of hydrogen-bond acceptors (Lipinski definition) is 0. The van der Waals surface area contributed by atoms with Gasteiger partial charge in [-0.1, -0.05) is 170 Å². The maximum Gasteiger partial charge on any atom is 0.0134 e. The molecule has 0 heterocycles. The van der Waals surface area contributed by atoms with Gasteiger partial charge in [0.1, 0.15) is 0 Å². The second-order valence-corrected chi connectivity index (χ2v) is 11.7. The fourth-order valence-corrected chi connectivity index (χ4v) is 6.81. The Bertz CT molecular complexity index is 1790. The van der Waals surface area contributed by atoms with Crippen LogP contribution in [0.1, 0.15) is 38.5 Å². The predicted octanol–water partition coefficient (Wildman–Crippen LogP) is 9.90. The van der Waals surface area contributed by atoms with Crippen LogP contribution in [0.3, 0.4) is 0 Å². The molecular formula is C44H42. The van der Waals surface area contributed by atoms with Gasteiger partial charge in [0.25, 0.3) is 0 Å². The Morgan fingerprint density at radius 3 is 1.68 bits per heavy atom. The quantitative estimate of drug-likeness (QED) is 0.339. The van der Waals surface area contributed by atoms with E-state index >= 15 is 0 Å². The molecule has 5 aliphatic carbocycles. The number of hydrogen-bond donors (Lipinski definition) is 0. The molecule has 5 aliphatic rings. The fraction of sp³-hybridized carbons (Fsp3) is 0.182. The molecule has 0 nitrogen and oxygen atoms in total. The van der Waals surface area contributed by atoms with E-state index in [-0.39, 0.29) is 0 Å². The standard InChI is InChI=1S/C44H42/c1-3-7-13-23-35(24-14-8-4-1)36-25-15-11-12-18-28-38(34-33-36)44-41-31-21-19-29-39(41)43(40-30-20-22-32-42(40)44)37-26-16-9-5-2-6-10-17-27-37/h1-5,7-13,15-23,25,27-32,39,41H,6,14,24,26,33-34H2. The third kappa shape index (κ3) is 7.09. The molecule has 0 aliphatic heterocycles. The zero-order valence-electron chi connectivity index (χ0n) is 25.6. The maximum absolute atomic E-state index is 2.44. The number of fused-ring (bicyclic) bond motifs is 2. The van der Waals surface area contributed by atoms with E-state index in [1.807, 2.05) is 0 Å². The lowest BCUT2D eigenvalue weighted by atomic mass is 9.68. The summed E-state index contributed by atoms with van der Waals surface area (Å²) in [7, 11) is 0. The summed E-state index contributed by atoms with van der Waals surface area (Å²) in [6.45, 7) is 0. The normalized spacial score (nSPS) is 23.4. The van der Waals surface area contributed by atoms with Crippen molar-refractivity contribution >= 4 is 11.1 Å². The maximum atomic E-state index is 2.44. The van der Waals surface area contributed by atoms with Gasteiger partial charge in [0.05, 0.1) is 0 Å². The second kappa shape index (κ2) is 15.2. The highest BCUT2D eigenvalue weighted by atomic mass is 14.4. The van der Waals surface area contributed by atoms with Gasteiger partial charge in [0, 0.05) is 11.8 Å². The summed E-state index contributed by atoms with van der Waals surface area (Å²) in [5, 5.41) is 2.76. The van der Waals surface area contributed by atoms with Crippen molar-refractivity contribution in [1.29, 1.82) is 0 Å². The summed E-state index contributed by atoms with van der Waals surface area (Å²) in [4.78, 5) is 0. The molecule has 0 fully saturated rings. The van der Waals surface area contributed by atoms with Crippen LogP contribution in [-0.2, 0) is 0 Å². The molecule has 0 saturated heterocycles. The van der Waals surface area contributed by atoms with Gasteiger partial charge in [-0.2, -0.15) is 0 Å². The first kappa shape index (κ1) is 29.4. The Morgan fingerprint density at radius 1 is 0.409 bits per heavy atom. The van der Waals surface area contributed by atoms with Crippen molar-refractivity contribution in [3.8, 4) is 0 Å². The first-order valence-electron chi connectivity index (χ1n) is 16.2. The van der Waals surface area contributed by atoms with Crippen molar-refractivity contribution in [3.63, 3.8) is 0 Å². The number of allylic oxidation sites excluding steroid dienone is 28. The molecule has 1 aromatic rings. The van der Waals surface area contributed by atoms with Crippen molar-refractivity contribution in [2.75, 3.05) is 0 Å². The van der Waals surface area contributed by atoms with Gasteiger partial charge in [-0.25, -0.2) is 0 Å². The van der Waals surface area contributed by atoms with Gasteiger partial charge >= 0.3 is 0 Å². The van der Waals surface area contributed by atoms with Gasteiger partial charge in [-0.15, -0.1) is 0 Å². The van der Waals surface area contributed by atoms with Crippen LogP contribution < -0.4 is 10.4 Å². The highest BCUT2D eigenvalue weighted by Gasteiger charge is 2.32. The van der Waals surface area contributed by atoms with Crippen LogP contribution in [0.5, 0.6) is 0 Å². The van der Waals surface area contributed by atoms with E-state index in [0.717, 1.165) is 38.5 Å². The topological polar surface area (TPSA) is 0 Å². The van der Waals surface area contributed by atoms with Crippen molar-refractivity contribution in [2.24, 2.45) is 11.8 Å². The zero-order valence-corrected chi connectivity index (χ0v) is 25.6. The van der Waals surface area contributed by atoms with E-state index in [1.54, 1.807) is 0 Å². The van der Waals surface area contributed by atoms with Crippen molar-refractivity contribution in [1.82, 2.24) is 0 Å². The third-order valence-electron chi connectivity index (χ3n) is 8.89. The highest BCUT2D eigenvalue weighted by Crippen LogP contribution is 2.42. The van der Waals surface area contributed by atoms with E-state index in [9.17, 15) is 0 Å². The molecule has 0 saturated carbocycles. The van der Waals surface area contributed by atoms with Crippen molar-refractivity contribution in [3.05, 3.63) is 203 Å². The Morgan fingerprint density at radius 2 is 0.932 bits per heavy atom. The average molecular weight is 571 g/mol. The summed E-state index contributed by atoms with van der Waals surface area (Å²) >= 11 is 0. The van der Waals surface area contributed by atoms with E-state index in [1.165, 1.54) is 43.9 Å². The highest BCUT2D eigenvalue weighted by molar-refractivity contribution is 5.80. The van der Waals surface area contributed by atoms with Crippen LogP contribution in [0.2, 0.25) is 0 Å². The molecule has 0 radical (unpaired) electrons. The van der Waals surface area contributed by atoms with Gasteiger partial charge in [0.15, 0.2) is 0 Å². The second-order valence-electron chi connectivity index (χ2n) is 11.7. The molecule has 1 aromatic carbocycles. The Hall–Kier alpha value is -4.68. The molecule has 0 amide bonds. The Kier molecular flexibility index (Phi) is 10.1. The van der Waals surface area contributed by atoms with Crippen LogP contribution in [0, 0.1) is 11.8 Å². The van der Waals surface area contributed by atoms with Crippen LogP contribution in [-0.4, -0.2) is 0 Å². The van der Waals surface area contributed by atoms with Gasteiger partial charge in [0.2, 0.25) is 0 Å². The molecule has 0 heteroatoms. The molecule has 2 atom stereocenters. The fourth-order valence-electron chi connectivity index (χ4n) is 6.81. The zero-order chi connectivity index (χ0) is 29.8. The minimum atomic E-state index is 0.298. The minimum Gasteiger partial charge on any atom is -0.0842 e. The smallest absolute Gasteiger partial charge is 0.0134 e. The molecule has 0 aromatic heterocycles. The molecule has 0 spiro atoms. The van der Waals surface area contributed by atoms with Crippen LogP contribution in [0.25, 0.3) is 11.1 Å². The SMILES string of the molecule is C1=CC=CCCC(C2=CC=CC=CC=C(C3=c4ccccc4=C(C4=CC=CCC=CC=CC4)C4C=CC=CC34)CC2)=CC=C1. The van der Waals surface area contributed by atoms with E-state index in [0.29, 0.717) is 11.8 Å². The lowest BCUT2D eigenvalue weighted by Crippen LogP contribution is -2.40. The molecule has 0 N–H and O–H groups in total. The molecular weight excluding hydrogens is 528 g/mol. The van der Waals surface area contributed by atoms with Gasteiger partial charge in [-0.3, -0.25) is 0 Å². The van der Waals surface area contributed by atoms with Crippen LogP contribution in [0.4, 0.5) is 0 Å². The Labute approximate surface area is 263 Å². The monoisotopic (exact) mass is 570 g/mol. The van der Waals surface area contributed by atoms with E-state index < -0.39 is 0 Å². The lowest BCUT2D eigenvalue weighted by molar-refractivity contribution is 0.676. The van der Waals surface area contributed by atoms with Crippen molar-refractivity contribution in [2.45, 2.75) is 38.5 Å². The summed E-state index contributed by atoms with van der Waals surface area (Å²) < 4.78 is 0. The van der Waals surface area contributed by atoms with Crippen LogP contribution >= 0.6 is 0 Å². The first-order valence-corrected chi connectivity index (χ1v) is 16.2. The first-order chi connectivity index (χ1) is 21.9. The lowest BCUT2D eigenvalue weighted by Gasteiger charge is -2.35. The molecule has 2 unspecified atom stereocenters. The Balaban J connectivity index is 1.47. The number of rotatable bonds is 3. The minimum absolute atomic E-state index is 0.298. The van der Waals surface area contributed by atoms with Crippen molar-refractivity contribution < 1.29 is 0 Å². The average Bonchev–Trinajstić information content (AvgIpc) is 3.07.